The van der Waals surface area contributed by atoms with Crippen molar-refractivity contribution in [3.63, 3.8) is 0 Å². The van der Waals surface area contributed by atoms with E-state index in [-0.39, 0.29) is 0 Å². The normalized spacial score (nSPS) is 41.7. The third-order valence-corrected chi connectivity index (χ3v) is 2.46. The molecule has 1 heterocycles. The van der Waals surface area contributed by atoms with Crippen molar-refractivity contribution in [3.05, 3.63) is 0 Å². The summed E-state index contributed by atoms with van der Waals surface area (Å²) >= 11 is 0. The number of hydrogen-bond acceptors (Lipinski definition) is 2. The van der Waals surface area contributed by atoms with E-state index in [4.69, 9.17) is 0 Å². The Morgan fingerprint density at radius 1 is 1.60 bits per heavy atom. The molecule has 0 bridgehead atoms. The van der Waals surface area contributed by atoms with E-state index in [1.165, 1.54) is 6.42 Å². The van der Waals surface area contributed by atoms with Gasteiger partial charge in [-0.2, -0.15) is 0 Å². The quantitative estimate of drug-likeness (QED) is 0.564. The summed E-state index contributed by atoms with van der Waals surface area (Å²) in [6.45, 7) is 8.91. The lowest BCUT2D eigenvalue weighted by molar-refractivity contribution is 0.254. The van der Waals surface area contributed by atoms with Crippen LogP contribution in [0.2, 0.25) is 0 Å². The largest absolute Gasteiger partial charge is 0.311 e. The summed E-state index contributed by atoms with van der Waals surface area (Å²) in [5.74, 6) is 0. The predicted octanol–water partition coefficient (Wildman–Crippen LogP) is 0.736. The monoisotopic (exact) mass is 142 g/mol. The zero-order valence-electron chi connectivity index (χ0n) is 7.20. The fourth-order valence-electron chi connectivity index (χ4n) is 1.18. The first-order valence-corrected chi connectivity index (χ1v) is 4.15. The van der Waals surface area contributed by atoms with Crippen LogP contribution in [-0.2, 0) is 0 Å². The van der Waals surface area contributed by atoms with E-state index in [2.05, 4.69) is 31.4 Å². The van der Waals surface area contributed by atoms with Crippen LogP contribution in [0, 0.1) is 0 Å². The minimum atomic E-state index is 0.340. The molecule has 1 saturated heterocycles. The van der Waals surface area contributed by atoms with Crippen LogP contribution in [0.4, 0.5) is 0 Å². The molecule has 0 aromatic carbocycles. The number of nitrogens with one attached hydrogen (secondary N) is 2. The standard InChI is InChI=1S/C8H18N2/c1-4-8(3)6-9-7(2)5-10-8/h7,9-10H,4-6H2,1-3H3. The Bertz CT molecular complexity index is 104. The summed E-state index contributed by atoms with van der Waals surface area (Å²) < 4.78 is 0. The van der Waals surface area contributed by atoms with Gasteiger partial charge in [0.1, 0.15) is 0 Å². The highest BCUT2D eigenvalue weighted by molar-refractivity contribution is 4.90. The molecule has 1 rings (SSSR count). The van der Waals surface area contributed by atoms with E-state index in [0.717, 1.165) is 13.1 Å². The molecule has 2 heteroatoms. The van der Waals surface area contributed by atoms with Crippen molar-refractivity contribution in [1.29, 1.82) is 0 Å². The lowest BCUT2D eigenvalue weighted by atomic mass is 9.96. The molecule has 0 aromatic heterocycles. The topological polar surface area (TPSA) is 24.1 Å². The summed E-state index contributed by atoms with van der Waals surface area (Å²) in [5.41, 5.74) is 0.340. The molecule has 0 aliphatic carbocycles. The molecule has 2 nitrogen and oxygen atoms in total. The number of hydrogen-bond donors (Lipinski definition) is 2. The molecule has 2 N–H and O–H groups in total. The lowest BCUT2D eigenvalue weighted by Crippen LogP contribution is -2.60. The second-order valence-corrected chi connectivity index (χ2v) is 3.58. The smallest absolute Gasteiger partial charge is 0.0276 e. The van der Waals surface area contributed by atoms with Crippen LogP contribution in [0.3, 0.4) is 0 Å². The zero-order valence-corrected chi connectivity index (χ0v) is 7.20. The highest BCUT2D eigenvalue weighted by Gasteiger charge is 2.25. The van der Waals surface area contributed by atoms with Gasteiger partial charge >= 0.3 is 0 Å². The first kappa shape index (κ1) is 8.02. The third-order valence-electron chi connectivity index (χ3n) is 2.46. The third kappa shape index (κ3) is 1.70. The van der Waals surface area contributed by atoms with Crippen LogP contribution in [0.5, 0.6) is 0 Å². The van der Waals surface area contributed by atoms with Gasteiger partial charge in [0.2, 0.25) is 0 Å². The van der Waals surface area contributed by atoms with Gasteiger partial charge in [0.05, 0.1) is 0 Å². The van der Waals surface area contributed by atoms with E-state index < -0.39 is 0 Å². The number of piperazine rings is 1. The van der Waals surface area contributed by atoms with Crippen LogP contribution in [-0.4, -0.2) is 24.7 Å². The molecule has 2 atom stereocenters. The Balaban J connectivity index is 2.38. The van der Waals surface area contributed by atoms with Crippen LogP contribution in [0.25, 0.3) is 0 Å². The first-order valence-electron chi connectivity index (χ1n) is 4.15. The molecular formula is C8H18N2. The second kappa shape index (κ2) is 2.89. The van der Waals surface area contributed by atoms with Crippen molar-refractivity contribution in [2.75, 3.05) is 13.1 Å². The molecule has 1 aliphatic rings. The molecule has 0 radical (unpaired) electrons. The van der Waals surface area contributed by atoms with Crippen LogP contribution < -0.4 is 10.6 Å². The van der Waals surface area contributed by atoms with Gasteiger partial charge in [0.15, 0.2) is 0 Å². The molecular weight excluding hydrogens is 124 g/mol. The maximum atomic E-state index is 3.53. The predicted molar refractivity (Wildman–Crippen MR) is 44.2 cm³/mol. The Kier molecular flexibility index (Phi) is 2.32. The van der Waals surface area contributed by atoms with Crippen LogP contribution in [0.1, 0.15) is 27.2 Å². The average Bonchev–Trinajstić information content (AvgIpc) is 1.96. The Labute approximate surface area is 63.4 Å². The average molecular weight is 142 g/mol. The summed E-state index contributed by atoms with van der Waals surface area (Å²) in [7, 11) is 0. The van der Waals surface area contributed by atoms with Crippen molar-refractivity contribution >= 4 is 0 Å². The van der Waals surface area contributed by atoms with Gasteiger partial charge in [-0.3, -0.25) is 0 Å². The Morgan fingerprint density at radius 3 is 2.70 bits per heavy atom. The zero-order chi connectivity index (χ0) is 7.61. The van der Waals surface area contributed by atoms with Gasteiger partial charge in [-0.25, -0.2) is 0 Å². The van der Waals surface area contributed by atoms with Gasteiger partial charge < -0.3 is 10.6 Å². The second-order valence-electron chi connectivity index (χ2n) is 3.58. The fourth-order valence-corrected chi connectivity index (χ4v) is 1.18. The van der Waals surface area contributed by atoms with E-state index in [1.54, 1.807) is 0 Å². The highest BCUT2D eigenvalue weighted by Crippen LogP contribution is 2.10. The maximum Gasteiger partial charge on any atom is 0.0276 e. The molecule has 0 amide bonds. The van der Waals surface area contributed by atoms with Crippen molar-refractivity contribution in [2.45, 2.75) is 38.8 Å². The Hall–Kier alpha value is -0.0800. The molecule has 2 unspecified atom stereocenters. The molecule has 0 spiro atoms. The van der Waals surface area contributed by atoms with E-state index in [1.807, 2.05) is 0 Å². The highest BCUT2D eigenvalue weighted by atomic mass is 15.1. The molecule has 1 fully saturated rings. The summed E-state index contributed by atoms with van der Waals surface area (Å²) in [6.07, 6.45) is 1.20. The van der Waals surface area contributed by atoms with Gasteiger partial charge in [-0.1, -0.05) is 6.92 Å². The van der Waals surface area contributed by atoms with Crippen molar-refractivity contribution in [2.24, 2.45) is 0 Å². The van der Waals surface area contributed by atoms with Gasteiger partial charge in [0, 0.05) is 24.7 Å². The minimum Gasteiger partial charge on any atom is -0.311 e. The van der Waals surface area contributed by atoms with Gasteiger partial charge in [-0.15, -0.1) is 0 Å². The van der Waals surface area contributed by atoms with Gasteiger partial charge in [0.25, 0.3) is 0 Å². The number of rotatable bonds is 1. The summed E-state index contributed by atoms with van der Waals surface area (Å²) in [5, 5.41) is 6.99. The van der Waals surface area contributed by atoms with Crippen molar-refractivity contribution < 1.29 is 0 Å². The van der Waals surface area contributed by atoms with Gasteiger partial charge in [-0.05, 0) is 20.3 Å². The SMILES string of the molecule is CCC1(C)CNC(C)CN1. The lowest BCUT2D eigenvalue weighted by Gasteiger charge is -2.37. The van der Waals surface area contributed by atoms with E-state index in [0.29, 0.717) is 11.6 Å². The van der Waals surface area contributed by atoms with Crippen LogP contribution >= 0.6 is 0 Å². The molecule has 0 saturated carbocycles. The van der Waals surface area contributed by atoms with Crippen LogP contribution in [0.15, 0.2) is 0 Å². The molecule has 1 aliphatic heterocycles. The van der Waals surface area contributed by atoms with Crippen molar-refractivity contribution in [1.82, 2.24) is 10.6 Å². The van der Waals surface area contributed by atoms with E-state index >= 15 is 0 Å². The Morgan fingerprint density at radius 2 is 2.30 bits per heavy atom. The van der Waals surface area contributed by atoms with E-state index in [9.17, 15) is 0 Å². The minimum absolute atomic E-state index is 0.340. The fraction of sp³-hybridized carbons (Fsp3) is 1.00. The molecule has 60 valence electrons. The molecule has 10 heavy (non-hydrogen) atoms. The first-order chi connectivity index (χ1) is 4.66. The summed E-state index contributed by atoms with van der Waals surface area (Å²) in [6, 6.07) is 0.639. The molecule has 0 aromatic rings. The van der Waals surface area contributed by atoms with Crippen molar-refractivity contribution in [3.8, 4) is 0 Å². The summed E-state index contributed by atoms with van der Waals surface area (Å²) in [4.78, 5) is 0. The maximum absolute atomic E-state index is 3.53.